The third-order valence-corrected chi connectivity index (χ3v) is 4.03. The molecule has 0 aliphatic rings. The van der Waals surface area contributed by atoms with Crippen LogP contribution in [0.4, 0.5) is 26.3 Å². The van der Waals surface area contributed by atoms with Gasteiger partial charge in [0.2, 0.25) is 0 Å². The van der Waals surface area contributed by atoms with Crippen molar-refractivity contribution in [3.05, 3.63) is 33.6 Å². The number of halogens is 6. The Morgan fingerprint density at radius 1 is 0.731 bits per heavy atom. The van der Waals surface area contributed by atoms with E-state index in [9.17, 15) is 35.9 Å². The molecule has 2 aromatic rings. The second-order valence-corrected chi connectivity index (χ2v) is 5.47. The Morgan fingerprint density at radius 3 is 1.23 bits per heavy atom. The van der Waals surface area contributed by atoms with Crippen molar-refractivity contribution in [3.8, 4) is 11.4 Å². The summed E-state index contributed by atoms with van der Waals surface area (Å²) >= 11 is 0. The maximum Gasteiger partial charge on any atom is 0.418 e. The normalized spacial score (nSPS) is 12.5. The van der Waals surface area contributed by atoms with Gasteiger partial charge in [-0.1, -0.05) is 13.8 Å². The highest BCUT2D eigenvalue weighted by atomic mass is 19.4. The van der Waals surface area contributed by atoms with Gasteiger partial charge in [0, 0.05) is 0 Å². The second-order valence-electron chi connectivity index (χ2n) is 5.47. The topological polar surface area (TPSA) is 65.7 Å². The van der Waals surface area contributed by atoms with Crippen molar-refractivity contribution in [1.82, 2.24) is 9.97 Å². The van der Waals surface area contributed by atoms with Crippen LogP contribution in [0.15, 0.2) is 0 Å². The largest absolute Gasteiger partial charge is 0.418 e. The van der Waals surface area contributed by atoms with E-state index in [0.29, 0.717) is 0 Å². The van der Waals surface area contributed by atoms with E-state index < -0.39 is 57.4 Å². The molecule has 26 heavy (non-hydrogen) atoms. The molecule has 2 rings (SSSR count). The minimum atomic E-state index is -5.00. The fourth-order valence-corrected chi connectivity index (χ4v) is 3.05. The van der Waals surface area contributed by atoms with Gasteiger partial charge in [-0.15, -0.1) is 0 Å². The summed E-state index contributed by atoms with van der Waals surface area (Å²) in [6.07, 6.45) is -10.2. The third kappa shape index (κ3) is 3.15. The van der Waals surface area contributed by atoms with Gasteiger partial charge in [-0.25, -0.2) is 0 Å². The predicted molar refractivity (Wildman–Crippen MR) is 80.1 cm³/mol. The van der Waals surface area contributed by atoms with Gasteiger partial charge < -0.3 is 9.97 Å². The van der Waals surface area contributed by atoms with Crippen LogP contribution in [0.3, 0.4) is 0 Å². The minimum absolute atomic E-state index is 0.120. The number of hydrogen-bond donors (Lipinski definition) is 2. The quantitative estimate of drug-likeness (QED) is 0.578. The number of aldehydes is 2. The van der Waals surface area contributed by atoms with Gasteiger partial charge in [0.15, 0.2) is 12.6 Å². The van der Waals surface area contributed by atoms with Gasteiger partial charge in [0.05, 0.1) is 33.9 Å². The lowest BCUT2D eigenvalue weighted by Crippen LogP contribution is -2.12. The number of alkyl halides is 6. The lowest BCUT2D eigenvalue weighted by molar-refractivity contribution is -0.139. The van der Waals surface area contributed by atoms with Crippen LogP contribution in [-0.4, -0.2) is 22.5 Å². The number of nitrogens with one attached hydrogen (secondary N) is 2. The highest BCUT2D eigenvalue weighted by Crippen LogP contribution is 2.46. The van der Waals surface area contributed by atoms with Crippen LogP contribution in [-0.2, 0) is 25.2 Å². The number of carbonyl (C=O) groups is 2. The van der Waals surface area contributed by atoms with E-state index in [0.717, 1.165) is 0 Å². The highest BCUT2D eigenvalue weighted by Gasteiger charge is 2.44. The van der Waals surface area contributed by atoms with E-state index in [1.807, 2.05) is 0 Å². The first-order valence-corrected chi connectivity index (χ1v) is 7.55. The number of aromatic nitrogens is 2. The summed E-state index contributed by atoms with van der Waals surface area (Å²) in [5.41, 5.74) is -6.31. The van der Waals surface area contributed by atoms with Gasteiger partial charge in [0.25, 0.3) is 0 Å². The zero-order valence-electron chi connectivity index (χ0n) is 13.7. The number of rotatable bonds is 5. The van der Waals surface area contributed by atoms with E-state index >= 15 is 0 Å². The number of aromatic amines is 2. The number of carbonyl (C=O) groups excluding carboxylic acids is 2. The Labute approximate surface area is 143 Å². The van der Waals surface area contributed by atoms with Gasteiger partial charge >= 0.3 is 12.4 Å². The first kappa shape index (κ1) is 19.8. The summed E-state index contributed by atoms with van der Waals surface area (Å²) in [5.74, 6) is 0. The summed E-state index contributed by atoms with van der Waals surface area (Å²) in [6.45, 7) is 2.70. The van der Waals surface area contributed by atoms with Crippen LogP contribution in [0.25, 0.3) is 11.4 Å². The van der Waals surface area contributed by atoms with Crippen LogP contribution < -0.4 is 0 Å². The molecule has 0 unspecified atom stereocenters. The average Bonchev–Trinajstić information content (AvgIpc) is 3.10. The SMILES string of the molecule is CCc1c(C=O)[nH]c(-c2[nH]c(C=O)c(CC)c2C(F)(F)F)c1C(F)(F)F. The molecule has 2 aromatic heterocycles. The molecule has 0 saturated carbocycles. The molecule has 0 amide bonds. The second kappa shape index (κ2) is 6.65. The molecule has 0 radical (unpaired) electrons. The number of hydrogen-bond acceptors (Lipinski definition) is 2. The highest BCUT2D eigenvalue weighted by molar-refractivity contribution is 5.84. The Bertz CT molecular complexity index is 772. The van der Waals surface area contributed by atoms with E-state index in [-0.39, 0.29) is 25.4 Å². The molecule has 10 heteroatoms. The van der Waals surface area contributed by atoms with Gasteiger partial charge in [-0.3, -0.25) is 9.59 Å². The summed E-state index contributed by atoms with van der Waals surface area (Å²) < 4.78 is 81.2. The van der Waals surface area contributed by atoms with E-state index in [4.69, 9.17) is 0 Å². The Hall–Kier alpha value is -2.52. The fourth-order valence-electron chi connectivity index (χ4n) is 3.05. The van der Waals surface area contributed by atoms with Crippen LogP contribution in [0, 0.1) is 0 Å². The Kier molecular flexibility index (Phi) is 5.07. The monoisotopic (exact) mass is 380 g/mol. The Balaban J connectivity index is 2.98. The van der Waals surface area contributed by atoms with E-state index in [1.165, 1.54) is 13.8 Å². The molecule has 142 valence electrons. The van der Waals surface area contributed by atoms with E-state index in [1.54, 1.807) is 0 Å². The molecule has 0 aliphatic heterocycles. The molecule has 0 aromatic carbocycles. The summed E-state index contributed by atoms with van der Waals surface area (Å²) in [7, 11) is 0. The molecule has 4 nitrogen and oxygen atoms in total. The first-order chi connectivity index (χ1) is 12.0. The molecule has 2 N–H and O–H groups in total. The predicted octanol–water partition coefficient (Wildman–Crippen LogP) is 4.80. The Morgan fingerprint density at radius 2 is 1.04 bits per heavy atom. The molecule has 0 bridgehead atoms. The molecular formula is C16H14F6N2O2. The molecule has 0 atom stereocenters. The van der Waals surface area contributed by atoms with Gasteiger partial charge in [-0.2, -0.15) is 26.3 Å². The molecular weight excluding hydrogens is 366 g/mol. The average molecular weight is 380 g/mol. The lowest BCUT2D eigenvalue weighted by atomic mass is 10.00. The van der Waals surface area contributed by atoms with Crippen molar-refractivity contribution in [3.63, 3.8) is 0 Å². The standard InChI is InChI=1S/C16H14F6N2O2/c1-3-7-9(5-25)23-13(11(7)15(17,18)19)14-12(16(20,21)22)8(4-2)10(6-26)24-14/h5-6,23-24H,3-4H2,1-2H3. The number of H-pyrrole nitrogens is 2. The van der Waals surface area contributed by atoms with Crippen molar-refractivity contribution >= 4 is 12.6 Å². The van der Waals surface area contributed by atoms with Crippen molar-refractivity contribution in [2.24, 2.45) is 0 Å². The summed E-state index contributed by atoms with van der Waals surface area (Å²) in [5, 5.41) is 0. The molecule has 0 saturated heterocycles. The minimum Gasteiger partial charge on any atom is -0.350 e. The van der Waals surface area contributed by atoms with Crippen LogP contribution in [0.5, 0.6) is 0 Å². The molecule has 0 fully saturated rings. The summed E-state index contributed by atoms with van der Waals surface area (Å²) in [4.78, 5) is 26.5. The van der Waals surface area contributed by atoms with Gasteiger partial charge in [0.1, 0.15) is 0 Å². The molecule has 0 aliphatic carbocycles. The van der Waals surface area contributed by atoms with Crippen LogP contribution in [0.2, 0.25) is 0 Å². The van der Waals surface area contributed by atoms with E-state index in [2.05, 4.69) is 9.97 Å². The van der Waals surface area contributed by atoms with Crippen LogP contribution >= 0.6 is 0 Å². The zero-order valence-corrected chi connectivity index (χ0v) is 13.7. The maximum atomic E-state index is 13.5. The zero-order chi connectivity index (χ0) is 19.9. The maximum absolute atomic E-state index is 13.5. The third-order valence-electron chi connectivity index (χ3n) is 4.03. The van der Waals surface area contributed by atoms with Crippen molar-refractivity contribution in [2.45, 2.75) is 39.0 Å². The van der Waals surface area contributed by atoms with Crippen molar-refractivity contribution < 1.29 is 35.9 Å². The lowest BCUT2D eigenvalue weighted by Gasteiger charge is -2.13. The molecule has 0 spiro atoms. The fraction of sp³-hybridized carbons (Fsp3) is 0.375. The van der Waals surface area contributed by atoms with Crippen molar-refractivity contribution in [1.29, 1.82) is 0 Å². The summed E-state index contributed by atoms with van der Waals surface area (Å²) in [6, 6.07) is 0. The van der Waals surface area contributed by atoms with Gasteiger partial charge in [-0.05, 0) is 24.0 Å². The molecule has 2 heterocycles. The van der Waals surface area contributed by atoms with Crippen molar-refractivity contribution in [2.75, 3.05) is 0 Å². The van der Waals surface area contributed by atoms with Crippen LogP contribution in [0.1, 0.15) is 57.1 Å². The first-order valence-electron chi connectivity index (χ1n) is 7.55. The smallest absolute Gasteiger partial charge is 0.350 e.